The lowest BCUT2D eigenvalue weighted by molar-refractivity contribution is -0.184. The van der Waals surface area contributed by atoms with E-state index < -0.39 is 17.6 Å². The van der Waals surface area contributed by atoms with Gasteiger partial charge in [-0.1, -0.05) is 29.3 Å². The summed E-state index contributed by atoms with van der Waals surface area (Å²) in [6.45, 7) is 4.06. The quantitative estimate of drug-likeness (QED) is 0.861. The van der Waals surface area contributed by atoms with Crippen LogP contribution >= 0.6 is 0 Å². The molecule has 0 radical (unpaired) electrons. The molecule has 0 heterocycles. The first-order valence-corrected chi connectivity index (χ1v) is 7.11. The van der Waals surface area contributed by atoms with Crippen LogP contribution in [0.2, 0.25) is 0 Å². The minimum absolute atomic E-state index is 0.158. The second-order valence-electron chi connectivity index (χ2n) is 6.35. The van der Waals surface area contributed by atoms with Crippen molar-refractivity contribution in [2.75, 3.05) is 0 Å². The van der Waals surface area contributed by atoms with Gasteiger partial charge in [-0.3, -0.25) is 0 Å². The molecule has 0 aromatic heterocycles. The summed E-state index contributed by atoms with van der Waals surface area (Å²) in [4.78, 5) is 0. The van der Waals surface area contributed by atoms with Gasteiger partial charge < -0.3 is 5.73 Å². The van der Waals surface area contributed by atoms with E-state index in [1.807, 2.05) is 13.8 Å². The van der Waals surface area contributed by atoms with Crippen LogP contribution in [-0.2, 0) is 6.42 Å². The summed E-state index contributed by atoms with van der Waals surface area (Å²) < 4.78 is 38.1. The summed E-state index contributed by atoms with van der Waals surface area (Å²) in [6.07, 6.45) is -2.19. The van der Waals surface area contributed by atoms with Crippen molar-refractivity contribution in [3.63, 3.8) is 0 Å². The molecule has 1 fully saturated rings. The van der Waals surface area contributed by atoms with Gasteiger partial charge in [0.25, 0.3) is 0 Å². The molecule has 0 aliphatic heterocycles. The molecule has 2 rings (SSSR count). The fraction of sp³-hybridized carbons (Fsp3) is 0.625. The van der Waals surface area contributed by atoms with Crippen LogP contribution in [0.3, 0.4) is 0 Å². The van der Waals surface area contributed by atoms with Gasteiger partial charge in [0, 0.05) is 5.54 Å². The molecule has 0 spiro atoms. The zero-order valence-corrected chi connectivity index (χ0v) is 12.1. The van der Waals surface area contributed by atoms with E-state index in [-0.39, 0.29) is 12.8 Å². The summed E-state index contributed by atoms with van der Waals surface area (Å²) >= 11 is 0. The maximum Gasteiger partial charge on any atom is 0.391 e. The molecule has 4 heteroatoms. The van der Waals surface area contributed by atoms with E-state index in [0.717, 1.165) is 5.56 Å². The van der Waals surface area contributed by atoms with Gasteiger partial charge in [-0.15, -0.1) is 0 Å². The van der Waals surface area contributed by atoms with E-state index in [1.54, 1.807) is 0 Å². The van der Waals surface area contributed by atoms with Crippen LogP contribution in [0.4, 0.5) is 13.2 Å². The maximum atomic E-state index is 12.7. The molecule has 1 aliphatic rings. The van der Waals surface area contributed by atoms with E-state index in [1.165, 1.54) is 11.1 Å². The van der Waals surface area contributed by atoms with Crippen molar-refractivity contribution in [3.05, 3.63) is 34.9 Å². The standard InChI is InChI=1S/C16H22F3N/c1-11-7-12(2)9-13(8-11)10-15(20)5-3-14(4-6-15)16(17,18)19/h7-9,14H,3-6,10,20H2,1-2H3. The Morgan fingerprint density at radius 2 is 1.60 bits per heavy atom. The van der Waals surface area contributed by atoms with Crippen molar-refractivity contribution in [2.24, 2.45) is 11.7 Å². The third kappa shape index (κ3) is 3.75. The molecule has 0 saturated heterocycles. The van der Waals surface area contributed by atoms with Gasteiger partial charge in [0.15, 0.2) is 0 Å². The number of rotatable bonds is 2. The molecule has 1 nitrogen and oxygen atoms in total. The normalized spacial score (nSPS) is 27.6. The number of aryl methyl sites for hydroxylation is 2. The van der Waals surface area contributed by atoms with E-state index in [9.17, 15) is 13.2 Å². The first kappa shape index (κ1) is 15.4. The van der Waals surface area contributed by atoms with E-state index in [0.29, 0.717) is 19.3 Å². The Morgan fingerprint density at radius 3 is 2.05 bits per heavy atom. The number of halogens is 3. The highest BCUT2D eigenvalue weighted by Gasteiger charge is 2.44. The summed E-state index contributed by atoms with van der Waals surface area (Å²) in [6, 6.07) is 6.25. The summed E-state index contributed by atoms with van der Waals surface area (Å²) in [7, 11) is 0. The zero-order chi connectivity index (χ0) is 15.0. The van der Waals surface area contributed by atoms with Crippen LogP contribution in [0.25, 0.3) is 0 Å². The Labute approximate surface area is 118 Å². The molecular weight excluding hydrogens is 263 g/mol. The molecule has 1 saturated carbocycles. The predicted molar refractivity (Wildman–Crippen MR) is 74.6 cm³/mol. The average Bonchev–Trinajstić information content (AvgIpc) is 2.25. The Balaban J connectivity index is 2.03. The van der Waals surface area contributed by atoms with Crippen LogP contribution < -0.4 is 5.73 Å². The number of alkyl halides is 3. The predicted octanol–water partition coefficient (Wildman–Crippen LogP) is 4.30. The number of nitrogens with two attached hydrogens (primary N) is 1. The lowest BCUT2D eigenvalue weighted by atomic mass is 9.73. The van der Waals surface area contributed by atoms with Gasteiger partial charge in [-0.05, 0) is 51.5 Å². The lowest BCUT2D eigenvalue weighted by Gasteiger charge is -2.38. The molecule has 20 heavy (non-hydrogen) atoms. The van der Waals surface area contributed by atoms with Crippen molar-refractivity contribution in [1.82, 2.24) is 0 Å². The van der Waals surface area contributed by atoms with Crippen LogP contribution in [0.15, 0.2) is 18.2 Å². The highest BCUT2D eigenvalue weighted by atomic mass is 19.4. The first-order valence-electron chi connectivity index (χ1n) is 7.11. The Hall–Kier alpha value is -1.03. The fourth-order valence-corrected chi connectivity index (χ4v) is 3.27. The van der Waals surface area contributed by atoms with Crippen LogP contribution in [0, 0.1) is 19.8 Å². The number of hydrogen-bond donors (Lipinski definition) is 1. The second kappa shape index (κ2) is 5.40. The SMILES string of the molecule is Cc1cc(C)cc(CC2(N)CCC(C(F)(F)F)CC2)c1. The second-order valence-corrected chi connectivity index (χ2v) is 6.35. The molecule has 0 unspecified atom stereocenters. The van der Waals surface area contributed by atoms with Gasteiger partial charge in [0.2, 0.25) is 0 Å². The smallest absolute Gasteiger partial charge is 0.325 e. The van der Waals surface area contributed by atoms with Crippen LogP contribution in [0.1, 0.15) is 42.4 Å². The van der Waals surface area contributed by atoms with Crippen LogP contribution in [-0.4, -0.2) is 11.7 Å². The number of hydrogen-bond acceptors (Lipinski definition) is 1. The molecule has 0 bridgehead atoms. The summed E-state index contributed by atoms with van der Waals surface area (Å²) in [5.41, 5.74) is 9.33. The molecule has 0 amide bonds. The lowest BCUT2D eigenvalue weighted by Crippen LogP contribution is -2.47. The molecule has 1 aromatic rings. The molecule has 1 aromatic carbocycles. The van der Waals surface area contributed by atoms with Gasteiger partial charge in [0.1, 0.15) is 0 Å². The zero-order valence-electron chi connectivity index (χ0n) is 12.1. The van der Waals surface area contributed by atoms with Crippen molar-refractivity contribution >= 4 is 0 Å². The average molecular weight is 285 g/mol. The summed E-state index contributed by atoms with van der Waals surface area (Å²) in [5, 5.41) is 0. The van der Waals surface area contributed by atoms with Crippen molar-refractivity contribution < 1.29 is 13.2 Å². The Bertz CT molecular complexity index is 451. The molecular formula is C16H22F3N. The highest BCUT2D eigenvalue weighted by molar-refractivity contribution is 5.30. The van der Waals surface area contributed by atoms with Gasteiger partial charge in [-0.25, -0.2) is 0 Å². The Morgan fingerprint density at radius 1 is 1.10 bits per heavy atom. The van der Waals surface area contributed by atoms with Crippen molar-refractivity contribution in [2.45, 2.75) is 57.7 Å². The molecule has 112 valence electrons. The third-order valence-electron chi connectivity index (χ3n) is 4.28. The Kier molecular flexibility index (Phi) is 4.14. The van der Waals surface area contributed by atoms with Gasteiger partial charge in [-0.2, -0.15) is 13.2 Å². The van der Waals surface area contributed by atoms with E-state index in [4.69, 9.17) is 5.73 Å². The minimum atomic E-state index is -4.07. The topological polar surface area (TPSA) is 26.0 Å². The monoisotopic (exact) mass is 285 g/mol. The first-order chi connectivity index (χ1) is 9.18. The molecule has 1 aliphatic carbocycles. The molecule has 2 N–H and O–H groups in total. The maximum absolute atomic E-state index is 12.7. The third-order valence-corrected chi connectivity index (χ3v) is 4.28. The number of benzene rings is 1. The van der Waals surface area contributed by atoms with Gasteiger partial charge in [0.05, 0.1) is 5.92 Å². The highest BCUT2D eigenvalue weighted by Crippen LogP contribution is 2.41. The van der Waals surface area contributed by atoms with E-state index in [2.05, 4.69) is 18.2 Å². The van der Waals surface area contributed by atoms with E-state index >= 15 is 0 Å². The largest absolute Gasteiger partial charge is 0.391 e. The minimum Gasteiger partial charge on any atom is -0.325 e. The summed E-state index contributed by atoms with van der Waals surface area (Å²) in [5.74, 6) is -1.17. The molecule has 0 atom stereocenters. The van der Waals surface area contributed by atoms with Gasteiger partial charge >= 0.3 is 6.18 Å². The van der Waals surface area contributed by atoms with Crippen molar-refractivity contribution in [3.8, 4) is 0 Å². The van der Waals surface area contributed by atoms with Crippen LogP contribution in [0.5, 0.6) is 0 Å². The van der Waals surface area contributed by atoms with Crippen molar-refractivity contribution in [1.29, 1.82) is 0 Å². The fourth-order valence-electron chi connectivity index (χ4n) is 3.27.